The van der Waals surface area contributed by atoms with Crippen LogP contribution in [-0.4, -0.2) is 48.2 Å². The molecule has 1 saturated heterocycles. The van der Waals surface area contributed by atoms with Gasteiger partial charge in [0.1, 0.15) is 10.9 Å². The molecule has 0 unspecified atom stereocenters. The van der Waals surface area contributed by atoms with Gasteiger partial charge in [0.15, 0.2) is 0 Å². The Labute approximate surface area is 171 Å². The zero-order chi connectivity index (χ0) is 19.8. The molecule has 1 aliphatic rings. The Hall–Kier alpha value is -1.86. The summed E-state index contributed by atoms with van der Waals surface area (Å²) in [5.74, 6) is -0.454. The number of nitrogens with zero attached hydrogens (tertiary/aromatic N) is 2. The summed E-state index contributed by atoms with van der Waals surface area (Å²) in [6, 6.07) is 8.14. The van der Waals surface area contributed by atoms with Crippen LogP contribution in [0.25, 0.3) is 6.08 Å². The monoisotopic (exact) mass is 405 g/mol. The summed E-state index contributed by atoms with van der Waals surface area (Å²) in [6.45, 7) is 3.21. The van der Waals surface area contributed by atoms with Gasteiger partial charge in [-0.15, -0.1) is 0 Å². The van der Waals surface area contributed by atoms with E-state index in [0.29, 0.717) is 9.23 Å². The average molecular weight is 406 g/mol. The highest BCUT2D eigenvalue weighted by Crippen LogP contribution is 2.32. The quantitative estimate of drug-likeness (QED) is 0.386. The third-order valence-electron chi connectivity index (χ3n) is 4.43. The highest BCUT2D eigenvalue weighted by atomic mass is 32.2. The second kappa shape index (κ2) is 10.5. The van der Waals surface area contributed by atoms with Crippen LogP contribution in [0, 0.1) is 0 Å². The van der Waals surface area contributed by atoms with Crippen LogP contribution in [0.5, 0.6) is 0 Å². The molecule has 27 heavy (non-hydrogen) atoms. The molecule has 5 nitrogen and oxygen atoms in total. The Morgan fingerprint density at radius 3 is 2.59 bits per heavy atom. The first-order chi connectivity index (χ1) is 13.0. The molecule has 0 aromatic heterocycles. The topological polar surface area (TPSA) is 52.6 Å². The summed E-state index contributed by atoms with van der Waals surface area (Å²) >= 11 is 6.47. The molecule has 1 aromatic rings. The highest BCUT2D eigenvalue weighted by Gasteiger charge is 2.33. The van der Waals surface area contributed by atoms with Gasteiger partial charge in [0.05, 0.1) is 4.91 Å². The first-order valence-electron chi connectivity index (χ1n) is 9.23. The molecule has 146 valence electrons. The first kappa shape index (κ1) is 21.4. The van der Waals surface area contributed by atoms with Crippen LogP contribution >= 0.6 is 24.0 Å². The molecular formula is C20H27N3O2S2. The number of carbonyl (C=O) groups is 2. The van der Waals surface area contributed by atoms with E-state index >= 15 is 0 Å². The van der Waals surface area contributed by atoms with E-state index in [1.54, 1.807) is 0 Å². The standard InChI is InChI=1S/C20H27N3O2S2/c1-4-5-6-7-12-22(3)16-10-8-15(9-11-16)13-17-19(25)23(20(26)27-17)14-18(24)21-2/h8-11,13H,4-7,12,14H2,1-3H3,(H,21,24). The number of hydrogen-bond acceptors (Lipinski definition) is 5. The minimum atomic E-state index is -0.237. The smallest absolute Gasteiger partial charge is 0.266 e. The molecule has 1 aliphatic heterocycles. The van der Waals surface area contributed by atoms with Crippen molar-refractivity contribution >= 4 is 51.9 Å². The number of thiocarbonyl (C=S) groups is 1. The fourth-order valence-corrected chi connectivity index (χ4v) is 4.00. The molecule has 7 heteroatoms. The molecule has 1 heterocycles. The normalized spacial score (nSPS) is 15.5. The number of amides is 2. The van der Waals surface area contributed by atoms with Crippen LogP contribution in [0.3, 0.4) is 0 Å². The summed E-state index contributed by atoms with van der Waals surface area (Å²) in [5, 5.41) is 2.51. The summed E-state index contributed by atoms with van der Waals surface area (Å²) in [7, 11) is 3.64. The summed E-state index contributed by atoms with van der Waals surface area (Å²) < 4.78 is 0.415. The largest absolute Gasteiger partial charge is 0.375 e. The summed E-state index contributed by atoms with van der Waals surface area (Å²) in [5.41, 5.74) is 2.11. The Bertz CT molecular complexity index is 716. The van der Waals surface area contributed by atoms with Crippen molar-refractivity contribution < 1.29 is 9.59 Å². The number of unbranched alkanes of at least 4 members (excludes halogenated alkanes) is 3. The molecule has 0 atom stereocenters. The third-order valence-corrected chi connectivity index (χ3v) is 5.81. The molecule has 0 saturated carbocycles. The molecule has 0 aliphatic carbocycles. The van der Waals surface area contributed by atoms with E-state index < -0.39 is 0 Å². The zero-order valence-electron chi connectivity index (χ0n) is 16.2. The maximum atomic E-state index is 12.5. The molecule has 1 aromatic carbocycles. The van der Waals surface area contributed by atoms with Crippen molar-refractivity contribution in [1.29, 1.82) is 0 Å². The van der Waals surface area contributed by atoms with Crippen molar-refractivity contribution in [2.75, 3.05) is 32.1 Å². The molecule has 2 amide bonds. The van der Waals surface area contributed by atoms with Gasteiger partial charge in [-0.3, -0.25) is 14.5 Å². The van der Waals surface area contributed by atoms with Crippen LogP contribution < -0.4 is 10.2 Å². The minimum absolute atomic E-state index is 0.0414. The number of carbonyl (C=O) groups excluding carboxylic acids is 2. The lowest BCUT2D eigenvalue weighted by Crippen LogP contribution is -2.38. The Morgan fingerprint density at radius 2 is 1.96 bits per heavy atom. The zero-order valence-corrected chi connectivity index (χ0v) is 17.8. The van der Waals surface area contributed by atoms with Crippen molar-refractivity contribution in [3.8, 4) is 0 Å². The maximum Gasteiger partial charge on any atom is 0.266 e. The van der Waals surface area contributed by atoms with E-state index in [-0.39, 0.29) is 18.4 Å². The molecule has 1 fully saturated rings. The molecular weight excluding hydrogens is 378 g/mol. The van der Waals surface area contributed by atoms with Gasteiger partial charge in [-0.25, -0.2) is 0 Å². The number of hydrogen-bond donors (Lipinski definition) is 1. The fraction of sp³-hybridized carbons (Fsp3) is 0.450. The lowest BCUT2D eigenvalue weighted by atomic mass is 10.1. The minimum Gasteiger partial charge on any atom is -0.375 e. The second-order valence-corrected chi connectivity index (χ2v) is 8.19. The van der Waals surface area contributed by atoms with Gasteiger partial charge < -0.3 is 10.2 Å². The van der Waals surface area contributed by atoms with E-state index in [1.165, 1.54) is 49.4 Å². The molecule has 0 radical (unpaired) electrons. The maximum absolute atomic E-state index is 12.5. The molecule has 2 rings (SSSR count). The van der Waals surface area contributed by atoms with Crippen molar-refractivity contribution in [2.24, 2.45) is 0 Å². The van der Waals surface area contributed by atoms with Crippen LogP contribution in [0.15, 0.2) is 29.2 Å². The second-order valence-electron chi connectivity index (χ2n) is 6.51. The van der Waals surface area contributed by atoms with E-state index in [4.69, 9.17) is 12.2 Å². The number of nitrogens with one attached hydrogen (secondary N) is 1. The van der Waals surface area contributed by atoms with Crippen molar-refractivity contribution in [2.45, 2.75) is 32.6 Å². The predicted octanol–water partition coefficient (Wildman–Crippen LogP) is 3.65. The Balaban J connectivity index is 2.00. The van der Waals surface area contributed by atoms with E-state index in [9.17, 15) is 9.59 Å². The van der Waals surface area contributed by atoms with E-state index in [0.717, 1.165) is 17.8 Å². The number of thioether (sulfide) groups is 1. The van der Waals surface area contributed by atoms with Crippen LogP contribution in [0.1, 0.15) is 38.2 Å². The van der Waals surface area contributed by atoms with Crippen molar-refractivity contribution in [1.82, 2.24) is 10.2 Å². The van der Waals surface area contributed by atoms with Gasteiger partial charge in [0, 0.05) is 26.3 Å². The van der Waals surface area contributed by atoms with Crippen molar-refractivity contribution in [3.05, 3.63) is 34.7 Å². The van der Waals surface area contributed by atoms with Gasteiger partial charge in [-0.05, 0) is 30.2 Å². The van der Waals surface area contributed by atoms with E-state index in [1.807, 2.05) is 18.2 Å². The number of anilines is 1. The van der Waals surface area contributed by atoms with Gasteiger partial charge in [0.2, 0.25) is 5.91 Å². The average Bonchev–Trinajstić information content (AvgIpc) is 2.93. The van der Waals surface area contributed by atoms with Crippen molar-refractivity contribution in [3.63, 3.8) is 0 Å². The lowest BCUT2D eigenvalue weighted by Gasteiger charge is -2.19. The van der Waals surface area contributed by atoms with E-state index in [2.05, 4.69) is 36.3 Å². The predicted molar refractivity (Wildman–Crippen MR) is 118 cm³/mol. The number of rotatable bonds is 9. The third kappa shape index (κ3) is 6.07. The lowest BCUT2D eigenvalue weighted by molar-refractivity contribution is -0.128. The SMILES string of the molecule is CCCCCCN(C)c1ccc(C=C2SC(=S)N(CC(=O)NC)C2=O)cc1. The first-order valence-corrected chi connectivity index (χ1v) is 10.5. The van der Waals surface area contributed by atoms with Gasteiger partial charge in [-0.2, -0.15) is 0 Å². The summed E-state index contributed by atoms with van der Waals surface area (Å²) in [6.07, 6.45) is 6.81. The summed E-state index contributed by atoms with van der Waals surface area (Å²) in [4.78, 5) is 28.2. The molecule has 0 bridgehead atoms. The Kier molecular flexibility index (Phi) is 8.31. The number of likely N-dealkylation sites (N-methyl/N-ethyl adjacent to an activating group) is 1. The van der Waals surface area contributed by atoms with Gasteiger partial charge in [0.25, 0.3) is 5.91 Å². The fourth-order valence-electron chi connectivity index (χ4n) is 2.74. The van der Waals surface area contributed by atoms with Crippen LogP contribution in [0.4, 0.5) is 5.69 Å². The van der Waals surface area contributed by atoms with Crippen LogP contribution in [0.2, 0.25) is 0 Å². The number of benzene rings is 1. The van der Waals surface area contributed by atoms with Gasteiger partial charge >= 0.3 is 0 Å². The van der Waals surface area contributed by atoms with Gasteiger partial charge in [-0.1, -0.05) is 62.3 Å². The Morgan fingerprint density at radius 1 is 1.26 bits per heavy atom. The molecule has 1 N–H and O–H groups in total. The van der Waals surface area contributed by atoms with Crippen LogP contribution in [-0.2, 0) is 9.59 Å². The highest BCUT2D eigenvalue weighted by molar-refractivity contribution is 8.26. The molecule has 0 spiro atoms.